The number of rotatable bonds is 1. The zero-order valence-electron chi connectivity index (χ0n) is 10.3. The van der Waals surface area contributed by atoms with Gasteiger partial charge < -0.3 is 15.4 Å². The molecule has 1 aliphatic heterocycles. The second-order valence-corrected chi connectivity index (χ2v) is 4.74. The molecule has 0 aromatic carbocycles. The van der Waals surface area contributed by atoms with Gasteiger partial charge in [-0.2, -0.15) is 0 Å². The lowest BCUT2D eigenvalue weighted by Crippen LogP contribution is -2.48. The second kappa shape index (κ2) is 4.05. The van der Waals surface area contributed by atoms with Gasteiger partial charge in [-0.15, -0.1) is 0 Å². The van der Waals surface area contributed by atoms with Crippen LogP contribution in [0.15, 0.2) is 11.3 Å². The van der Waals surface area contributed by atoms with E-state index in [1.54, 1.807) is 11.9 Å². The highest BCUT2D eigenvalue weighted by Crippen LogP contribution is 2.42. The van der Waals surface area contributed by atoms with Crippen LogP contribution in [0.2, 0.25) is 0 Å². The maximum absolute atomic E-state index is 12.1. The number of esters is 1. The van der Waals surface area contributed by atoms with Crippen LogP contribution < -0.4 is 5.73 Å². The van der Waals surface area contributed by atoms with Crippen LogP contribution in [0.1, 0.15) is 32.1 Å². The maximum Gasteiger partial charge on any atom is 0.345 e. The smallest absolute Gasteiger partial charge is 0.345 e. The van der Waals surface area contributed by atoms with Crippen molar-refractivity contribution in [2.45, 2.75) is 37.6 Å². The number of amides is 1. The van der Waals surface area contributed by atoms with E-state index >= 15 is 0 Å². The Balaban J connectivity index is 2.44. The standard InChI is InChI=1S/C12H18N2O3/c1-14-10(15)8(11(16)17-2)9(13)12(14)6-4-3-5-7-12/h3-7,13H2,1-2H3. The minimum atomic E-state index is -0.623. The molecule has 5 heteroatoms. The Bertz CT molecular complexity index is 395. The molecule has 2 N–H and O–H groups in total. The molecule has 1 aliphatic carbocycles. The van der Waals surface area contributed by atoms with Crippen LogP contribution in [0.4, 0.5) is 0 Å². The number of carbonyl (C=O) groups is 2. The van der Waals surface area contributed by atoms with Crippen molar-refractivity contribution in [3.63, 3.8) is 0 Å². The van der Waals surface area contributed by atoms with Crippen molar-refractivity contribution in [2.75, 3.05) is 14.2 Å². The third-order valence-corrected chi connectivity index (χ3v) is 4.00. The Kier molecular flexibility index (Phi) is 2.85. The van der Waals surface area contributed by atoms with Crippen molar-refractivity contribution in [3.8, 4) is 0 Å². The summed E-state index contributed by atoms with van der Waals surface area (Å²) in [6.45, 7) is 0. The fourth-order valence-electron chi connectivity index (χ4n) is 2.93. The first-order valence-electron chi connectivity index (χ1n) is 5.91. The molecule has 0 saturated heterocycles. The molecule has 1 amide bonds. The quantitative estimate of drug-likeness (QED) is 0.535. The van der Waals surface area contributed by atoms with Crippen LogP contribution in [0.5, 0.6) is 0 Å². The van der Waals surface area contributed by atoms with Crippen LogP contribution in [0, 0.1) is 0 Å². The lowest BCUT2D eigenvalue weighted by molar-refractivity contribution is -0.139. The average molecular weight is 238 g/mol. The third-order valence-electron chi connectivity index (χ3n) is 4.00. The van der Waals surface area contributed by atoms with E-state index in [-0.39, 0.29) is 11.5 Å². The number of methoxy groups -OCH3 is 1. The highest BCUT2D eigenvalue weighted by molar-refractivity contribution is 6.19. The number of hydrogen-bond acceptors (Lipinski definition) is 4. The largest absolute Gasteiger partial charge is 0.465 e. The Labute approximate surface area is 101 Å². The fourth-order valence-corrected chi connectivity index (χ4v) is 2.93. The van der Waals surface area contributed by atoms with E-state index in [9.17, 15) is 9.59 Å². The van der Waals surface area contributed by atoms with Crippen LogP contribution in [0.25, 0.3) is 0 Å². The molecule has 0 aromatic heterocycles. The van der Waals surface area contributed by atoms with E-state index in [4.69, 9.17) is 5.73 Å². The summed E-state index contributed by atoms with van der Waals surface area (Å²) in [5.74, 6) is -0.932. The van der Waals surface area contributed by atoms with Gasteiger partial charge in [0.15, 0.2) is 0 Å². The molecule has 17 heavy (non-hydrogen) atoms. The summed E-state index contributed by atoms with van der Waals surface area (Å²) in [7, 11) is 2.98. The van der Waals surface area contributed by atoms with Gasteiger partial charge in [0, 0.05) is 7.05 Å². The summed E-state index contributed by atoms with van der Waals surface area (Å²) in [6, 6.07) is 0. The summed E-state index contributed by atoms with van der Waals surface area (Å²) in [6.07, 6.45) is 4.90. The van der Waals surface area contributed by atoms with E-state index in [0.29, 0.717) is 5.70 Å². The summed E-state index contributed by atoms with van der Waals surface area (Å²) in [4.78, 5) is 25.3. The third kappa shape index (κ3) is 1.52. The molecule has 1 heterocycles. The molecule has 1 spiro atoms. The molecule has 0 aromatic rings. The summed E-state index contributed by atoms with van der Waals surface area (Å²) in [5, 5.41) is 0. The van der Waals surface area contributed by atoms with Gasteiger partial charge in [-0.05, 0) is 12.8 Å². The predicted molar refractivity (Wildman–Crippen MR) is 61.8 cm³/mol. The van der Waals surface area contributed by atoms with Crippen molar-refractivity contribution < 1.29 is 14.3 Å². The summed E-state index contributed by atoms with van der Waals surface area (Å²) >= 11 is 0. The zero-order chi connectivity index (χ0) is 12.6. The average Bonchev–Trinajstić information content (AvgIpc) is 2.53. The minimum Gasteiger partial charge on any atom is -0.465 e. The first-order chi connectivity index (χ1) is 8.04. The highest BCUT2D eigenvalue weighted by atomic mass is 16.5. The zero-order valence-corrected chi connectivity index (χ0v) is 10.3. The van der Waals surface area contributed by atoms with Gasteiger partial charge in [-0.3, -0.25) is 4.79 Å². The maximum atomic E-state index is 12.1. The van der Waals surface area contributed by atoms with Crippen LogP contribution >= 0.6 is 0 Å². The van der Waals surface area contributed by atoms with E-state index in [2.05, 4.69) is 4.74 Å². The number of nitrogens with zero attached hydrogens (tertiary/aromatic N) is 1. The lowest BCUT2D eigenvalue weighted by Gasteiger charge is -2.40. The fraction of sp³-hybridized carbons (Fsp3) is 0.667. The van der Waals surface area contributed by atoms with E-state index in [0.717, 1.165) is 32.1 Å². The molecule has 0 bridgehead atoms. The van der Waals surface area contributed by atoms with Gasteiger partial charge in [-0.1, -0.05) is 19.3 Å². The molecule has 0 unspecified atom stereocenters. The van der Waals surface area contributed by atoms with Crippen LogP contribution in [0.3, 0.4) is 0 Å². The van der Waals surface area contributed by atoms with Crippen molar-refractivity contribution in [3.05, 3.63) is 11.3 Å². The van der Waals surface area contributed by atoms with Gasteiger partial charge >= 0.3 is 5.97 Å². The van der Waals surface area contributed by atoms with Gasteiger partial charge in [0.2, 0.25) is 0 Å². The number of ether oxygens (including phenoxy) is 1. The van der Waals surface area contributed by atoms with Gasteiger partial charge in [0.25, 0.3) is 5.91 Å². The van der Waals surface area contributed by atoms with E-state index < -0.39 is 11.5 Å². The lowest BCUT2D eigenvalue weighted by atomic mass is 9.79. The Hall–Kier alpha value is -1.52. The topological polar surface area (TPSA) is 72.6 Å². The summed E-state index contributed by atoms with van der Waals surface area (Å²) in [5.41, 5.74) is 6.04. The molecule has 2 aliphatic rings. The van der Waals surface area contributed by atoms with Gasteiger partial charge in [-0.25, -0.2) is 4.79 Å². The van der Waals surface area contributed by atoms with Gasteiger partial charge in [0.05, 0.1) is 18.3 Å². The minimum absolute atomic E-state index is 0.0249. The number of hydrogen-bond donors (Lipinski definition) is 1. The van der Waals surface area contributed by atoms with E-state index in [1.807, 2.05) is 0 Å². The predicted octanol–water partition coefficient (Wildman–Crippen LogP) is 0.547. The number of carbonyl (C=O) groups excluding carboxylic acids is 2. The van der Waals surface area contributed by atoms with Crippen molar-refractivity contribution >= 4 is 11.9 Å². The first kappa shape index (κ1) is 12.0. The van der Waals surface area contributed by atoms with Crippen molar-refractivity contribution in [2.24, 2.45) is 5.73 Å². The Morgan fingerprint density at radius 1 is 1.35 bits per heavy atom. The number of likely N-dealkylation sites (N-methyl/N-ethyl adjacent to an activating group) is 1. The molecule has 1 fully saturated rings. The molecule has 2 rings (SSSR count). The molecular formula is C12H18N2O3. The first-order valence-corrected chi connectivity index (χ1v) is 5.91. The molecule has 1 saturated carbocycles. The van der Waals surface area contributed by atoms with Crippen molar-refractivity contribution in [1.82, 2.24) is 4.90 Å². The number of nitrogens with two attached hydrogens (primary N) is 1. The van der Waals surface area contributed by atoms with E-state index in [1.165, 1.54) is 7.11 Å². The molecule has 0 atom stereocenters. The second-order valence-electron chi connectivity index (χ2n) is 4.74. The SMILES string of the molecule is COC(=O)C1=C(N)C2(CCCCC2)N(C)C1=O. The normalized spacial score (nSPS) is 23.4. The molecule has 5 nitrogen and oxygen atoms in total. The molecule has 94 valence electrons. The van der Waals surface area contributed by atoms with Crippen molar-refractivity contribution in [1.29, 1.82) is 0 Å². The molecular weight excluding hydrogens is 220 g/mol. The monoisotopic (exact) mass is 238 g/mol. The van der Waals surface area contributed by atoms with Crippen LogP contribution in [-0.4, -0.2) is 36.5 Å². The van der Waals surface area contributed by atoms with Crippen LogP contribution in [-0.2, 0) is 14.3 Å². The summed E-state index contributed by atoms with van der Waals surface area (Å²) < 4.78 is 4.63. The van der Waals surface area contributed by atoms with Gasteiger partial charge in [0.1, 0.15) is 5.57 Å². The highest BCUT2D eigenvalue weighted by Gasteiger charge is 2.51. The molecule has 0 radical (unpaired) electrons. The Morgan fingerprint density at radius 3 is 2.47 bits per heavy atom. The Morgan fingerprint density at radius 2 is 1.94 bits per heavy atom.